The molecule has 0 fully saturated rings. The third-order valence-electron chi connectivity index (χ3n) is 4.31. The molecule has 0 atom stereocenters. The van der Waals surface area contributed by atoms with E-state index in [1.165, 1.54) is 87.2 Å². The highest BCUT2D eigenvalue weighted by molar-refractivity contribution is 7.78. The van der Waals surface area contributed by atoms with Gasteiger partial charge in [-0.25, -0.2) is 0 Å². The molecule has 0 saturated heterocycles. The summed E-state index contributed by atoms with van der Waals surface area (Å²) in [5.74, 6) is 0. The van der Waals surface area contributed by atoms with Crippen molar-refractivity contribution in [2.75, 3.05) is 26.2 Å². The van der Waals surface area contributed by atoms with Crippen LogP contribution in [0.4, 0.5) is 0 Å². The fraction of sp³-hybridized carbons (Fsp3) is 0.941. The molecule has 0 aliphatic heterocycles. The molecule has 0 radical (unpaired) electrons. The van der Waals surface area contributed by atoms with Crippen LogP contribution in [0.2, 0.25) is 0 Å². The van der Waals surface area contributed by atoms with Crippen molar-refractivity contribution < 1.29 is 4.48 Å². The highest BCUT2D eigenvalue weighted by Crippen LogP contribution is 2.14. The van der Waals surface area contributed by atoms with Crippen molar-refractivity contribution in [3.05, 3.63) is 5.41 Å². The first-order chi connectivity index (χ1) is 9.66. The normalized spacial score (nSPS) is 10.6. The second-order valence-electron chi connectivity index (χ2n) is 5.63. The number of hydrogen-bond donors (Lipinski definition) is 0. The van der Waals surface area contributed by atoms with Crippen molar-refractivity contribution in [3.63, 3.8) is 0 Å². The summed E-state index contributed by atoms with van der Waals surface area (Å²) in [6.07, 6.45) is 11.3. The van der Waals surface area contributed by atoms with Crippen molar-refractivity contribution in [3.8, 4) is 0 Å². The predicted molar refractivity (Wildman–Crippen MR) is 95.3 cm³/mol. The topological polar surface area (TPSA) is 22.3 Å². The summed E-state index contributed by atoms with van der Waals surface area (Å²) in [5.41, 5.74) is 0. The number of thiocarbonyl (C=S) groups is 1. The molecule has 0 aromatic carbocycles. The van der Waals surface area contributed by atoms with E-state index in [-0.39, 0.29) is 0 Å². The van der Waals surface area contributed by atoms with Gasteiger partial charge in [0, 0.05) is 0 Å². The molecule has 2 nitrogen and oxygen atoms in total. The largest absolute Gasteiger partial charge is 0.753 e. The first-order valence-electron chi connectivity index (χ1n) is 8.52. The van der Waals surface area contributed by atoms with Gasteiger partial charge in [0.1, 0.15) is 0 Å². The molecule has 0 aliphatic carbocycles. The molecule has 0 bridgehead atoms. The van der Waals surface area contributed by atoms with Gasteiger partial charge in [0.05, 0.1) is 26.2 Å². The first-order valence-corrected chi connectivity index (χ1v) is 8.93. The van der Waals surface area contributed by atoms with E-state index in [4.69, 9.17) is 5.41 Å². The van der Waals surface area contributed by atoms with Gasteiger partial charge in [0.15, 0.2) is 0 Å². The predicted octanol–water partition coefficient (Wildman–Crippen LogP) is 5.66. The number of rotatable bonds is 12. The molecule has 0 spiro atoms. The molecule has 0 aromatic heterocycles. The Kier molecular flexibility index (Phi) is 18.5. The van der Waals surface area contributed by atoms with E-state index < -0.39 is 0 Å². The van der Waals surface area contributed by atoms with Gasteiger partial charge in [0.25, 0.3) is 0 Å². The lowest BCUT2D eigenvalue weighted by atomic mass is 10.1. The van der Waals surface area contributed by atoms with Gasteiger partial charge >= 0.3 is 0 Å². The molecular weight excluding hydrogens is 264 g/mol. The van der Waals surface area contributed by atoms with Crippen molar-refractivity contribution in [1.29, 1.82) is 0 Å². The zero-order valence-corrected chi connectivity index (χ0v) is 15.1. The minimum Gasteiger partial charge on any atom is -0.753 e. The SMILES string of the molecule is CCCCCC[N+](CC)(CC)CCCCCC.[N-]=C=S. The van der Waals surface area contributed by atoms with Crippen molar-refractivity contribution >= 4 is 17.4 Å². The second-order valence-corrected chi connectivity index (χ2v) is 5.82. The first kappa shape index (κ1) is 22.0. The Bertz CT molecular complexity index is 205. The van der Waals surface area contributed by atoms with E-state index >= 15 is 0 Å². The summed E-state index contributed by atoms with van der Waals surface area (Å²) in [6.45, 7) is 14.8. The van der Waals surface area contributed by atoms with E-state index in [9.17, 15) is 0 Å². The molecule has 0 aliphatic rings. The van der Waals surface area contributed by atoms with Crippen LogP contribution in [0.25, 0.3) is 5.41 Å². The number of quaternary nitrogens is 1. The van der Waals surface area contributed by atoms with Crippen LogP contribution in [0, 0.1) is 0 Å². The Morgan fingerprint density at radius 1 is 0.750 bits per heavy atom. The van der Waals surface area contributed by atoms with Crippen LogP contribution >= 0.6 is 12.2 Å². The number of isothiocyanates is 1. The summed E-state index contributed by atoms with van der Waals surface area (Å²) in [4.78, 5) is 0. The van der Waals surface area contributed by atoms with Gasteiger partial charge in [-0.15, -0.1) is 0 Å². The fourth-order valence-electron chi connectivity index (χ4n) is 2.72. The summed E-state index contributed by atoms with van der Waals surface area (Å²) in [6, 6.07) is 0. The molecule has 3 heteroatoms. The maximum Gasteiger partial charge on any atom is 0.0786 e. The van der Waals surface area contributed by atoms with Crippen LogP contribution in [0.5, 0.6) is 0 Å². The molecule has 0 N–H and O–H groups in total. The summed E-state index contributed by atoms with van der Waals surface area (Å²) >= 11 is 3.70. The average molecular weight is 301 g/mol. The summed E-state index contributed by atoms with van der Waals surface area (Å²) < 4.78 is 1.37. The Hall–Kier alpha value is -0.240. The molecule has 0 amide bonds. The molecular formula is C17H36N2S. The number of hydrogen-bond acceptors (Lipinski definition) is 1. The third-order valence-corrected chi connectivity index (χ3v) is 4.31. The Labute approximate surface area is 133 Å². The lowest BCUT2D eigenvalue weighted by Crippen LogP contribution is -2.49. The summed E-state index contributed by atoms with van der Waals surface area (Å²) in [7, 11) is 0. The van der Waals surface area contributed by atoms with E-state index in [0.29, 0.717) is 0 Å². The molecule has 0 rings (SSSR count). The van der Waals surface area contributed by atoms with Gasteiger partial charge in [-0.2, -0.15) is 5.16 Å². The van der Waals surface area contributed by atoms with Crippen LogP contribution in [0.1, 0.15) is 79.1 Å². The van der Waals surface area contributed by atoms with Gasteiger partial charge in [-0.3, -0.25) is 0 Å². The zero-order chi connectivity index (χ0) is 15.7. The molecule has 0 saturated carbocycles. The maximum absolute atomic E-state index is 7.13. The lowest BCUT2D eigenvalue weighted by molar-refractivity contribution is -0.925. The van der Waals surface area contributed by atoms with Crippen molar-refractivity contribution in [1.82, 2.24) is 0 Å². The van der Waals surface area contributed by atoms with Gasteiger partial charge in [-0.05, 0) is 39.5 Å². The average Bonchev–Trinajstić information content (AvgIpc) is 2.47. The number of unbranched alkanes of at least 4 members (excludes halogenated alkanes) is 6. The highest BCUT2D eigenvalue weighted by Gasteiger charge is 2.21. The molecule has 0 aromatic rings. The van der Waals surface area contributed by atoms with E-state index in [1.54, 1.807) is 0 Å². The Morgan fingerprint density at radius 3 is 1.35 bits per heavy atom. The minimum absolute atomic E-state index is 1.33. The highest BCUT2D eigenvalue weighted by atomic mass is 32.1. The standard InChI is InChI=1S/C16H36N.CNS/c1-5-9-11-13-15-17(7-3,8-4)16-14-12-10-6-2;2-1-3/h5-16H2,1-4H3;/q+1;-1. The van der Waals surface area contributed by atoms with Crippen LogP contribution < -0.4 is 0 Å². The zero-order valence-electron chi connectivity index (χ0n) is 14.3. The summed E-state index contributed by atoms with van der Waals surface area (Å²) in [5, 5.41) is 8.47. The van der Waals surface area contributed by atoms with Crippen LogP contribution in [-0.4, -0.2) is 35.8 Å². The van der Waals surface area contributed by atoms with E-state index in [0.717, 1.165) is 0 Å². The number of nitrogens with zero attached hydrogens (tertiary/aromatic N) is 2. The van der Waals surface area contributed by atoms with Gasteiger partial charge < -0.3 is 9.89 Å². The monoisotopic (exact) mass is 300 g/mol. The smallest absolute Gasteiger partial charge is 0.0786 e. The second kappa shape index (κ2) is 16.8. The lowest BCUT2D eigenvalue weighted by Gasteiger charge is -2.37. The third kappa shape index (κ3) is 12.8. The Morgan fingerprint density at radius 2 is 1.10 bits per heavy atom. The van der Waals surface area contributed by atoms with Crippen molar-refractivity contribution in [2.24, 2.45) is 0 Å². The molecule has 0 unspecified atom stereocenters. The minimum atomic E-state index is 1.33. The van der Waals surface area contributed by atoms with Crippen molar-refractivity contribution in [2.45, 2.75) is 79.1 Å². The quantitative estimate of drug-likeness (QED) is 0.197. The van der Waals surface area contributed by atoms with Crippen LogP contribution in [0.3, 0.4) is 0 Å². The van der Waals surface area contributed by atoms with Gasteiger partial charge in [-0.1, -0.05) is 51.7 Å². The van der Waals surface area contributed by atoms with Crippen LogP contribution in [0.15, 0.2) is 0 Å². The fourth-order valence-corrected chi connectivity index (χ4v) is 2.72. The maximum atomic E-state index is 7.13. The van der Waals surface area contributed by atoms with Gasteiger partial charge in [0.2, 0.25) is 0 Å². The molecule has 120 valence electrons. The van der Waals surface area contributed by atoms with Crippen LogP contribution in [-0.2, 0) is 0 Å². The molecule has 20 heavy (non-hydrogen) atoms. The van der Waals surface area contributed by atoms with E-state index in [1.807, 2.05) is 0 Å². The Balaban J connectivity index is 0. The van der Waals surface area contributed by atoms with E-state index in [2.05, 4.69) is 39.9 Å². The molecule has 0 heterocycles.